The van der Waals surface area contributed by atoms with Crippen molar-refractivity contribution in [1.82, 2.24) is 19.6 Å². The lowest BCUT2D eigenvalue weighted by molar-refractivity contribution is 0.102. The molecule has 4 rings (SSSR count). The van der Waals surface area contributed by atoms with Crippen molar-refractivity contribution >= 4 is 29.1 Å². The molecule has 0 saturated heterocycles. The van der Waals surface area contributed by atoms with Gasteiger partial charge in [-0.25, -0.2) is 14.4 Å². The first kappa shape index (κ1) is 17.9. The van der Waals surface area contributed by atoms with Gasteiger partial charge in [0.1, 0.15) is 12.1 Å². The van der Waals surface area contributed by atoms with Crippen LogP contribution in [0.5, 0.6) is 0 Å². The topological polar surface area (TPSA) is 92.2 Å². The lowest BCUT2D eigenvalue weighted by Crippen LogP contribution is -2.15. The fourth-order valence-electron chi connectivity index (χ4n) is 2.61. The average molecular weight is 395 g/mol. The van der Waals surface area contributed by atoms with Gasteiger partial charge >= 0.3 is 0 Å². The van der Waals surface area contributed by atoms with E-state index in [9.17, 15) is 14.0 Å². The summed E-state index contributed by atoms with van der Waals surface area (Å²) < 4.78 is 14.6. The smallest absolute Gasteiger partial charge is 0.274 e. The summed E-state index contributed by atoms with van der Waals surface area (Å²) in [5.74, 6) is -0.148. The van der Waals surface area contributed by atoms with E-state index in [0.717, 1.165) is 4.90 Å². The molecule has 2 aromatic heterocycles. The number of H-pyrrole nitrogens is 1. The maximum atomic E-state index is 13.3. The Balaban J connectivity index is 1.52. The lowest BCUT2D eigenvalue weighted by atomic mass is 10.2. The fourth-order valence-corrected chi connectivity index (χ4v) is 3.51. The van der Waals surface area contributed by atoms with E-state index in [-0.39, 0.29) is 11.1 Å². The number of carbonyl (C=O) groups excluding carboxylic acids is 1. The molecule has 0 bridgehead atoms. The number of thioether (sulfide) groups is 1. The maximum Gasteiger partial charge on any atom is 0.274 e. The summed E-state index contributed by atoms with van der Waals surface area (Å²) in [6.07, 6.45) is 1.40. The molecule has 1 amide bonds. The summed E-state index contributed by atoms with van der Waals surface area (Å²) in [7, 11) is 0. The third-order valence-electron chi connectivity index (χ3n) is 3.92. The van der Waals surface area contributed by atoms with Crippen LogP contribution in [0.1, 0.15) is 16.1 Å². The standard InChI is InChI=1S/C19H14FN5O2S/c20-13-5-3-4-12(8-13)18(27)24-15-6-1-2-7-16(15)28-10-14-9-17(26)25-19(23-14)21-11-22-25/h1-9,11H,10H2,(H,24,27)(H,21,22,23). The van der Waals surface area contributed by atoms with Crippen LogP contribution in [0.2, 0.25) is 0 Å². The molecule has 2 heterocycles. The van der Waals surface area contributed by atoms with Crippen LogP contribution in [0, 0.1) is 5.82 Å². The molecule has 0 radical (unpaired) electrons. The molecule has 0 aliphatic rings. The summed E-state index contributed by atoms with van der Waals surface area (Å²) in [4.78, 5) is 33.5. The van der Waals surface area contributed by atoms with Crippen molar-refractivity contribution in [2.24, 2.45) is 0 Å². The van der Waals surface area contributed by atoms with Crippen LogP contribution in [0.4, 0.5) is 10.1 Å². The number of nitrogens with one attached hydrogen (secondary N) is 2. The summed E-state index contributed by atoms with van der Waals surface area (Å²) in [5, 5.41) is 5.49. The van der Waals surface area contributed by atoms with Crippen molar-refractivity contribution in [2.75, 3.05) is 5.32 Å². The normalized spacial score (nSPS) is 10.9. The van der Waals surface area contributed by atoms with Gasteiger partial charge in [-0.2, -0.15) is 4.52 Å². The van der Waals surface area contributed by atoms with Gasteiger partial charge in [-0.05, 0) is 30.3 Å². The van der Waals surface area contributed by atoms with Crippen LogP contribution in [0.15, 0.2) is 70.6 Å². The van der Waals surface area contributed by atoms with Gasteiger partial charge in [0.2, 0.25) is 0 Å². The number of halogens is 1. The molecule has 28 heavy (non-hydrogen) atoms. The Morgan fingerprint density at radius 1 is 1.18 bits per heavy atom. The Morgan fingerprint density at radius 2 is 2.04 bits per heavy atom. The first-order valence-corrected chi connectivity index (χ1v) is 9.29. The number of aromatic amines is 1. The van der Waals surface area contributed by atoms with Crippen molar-refractivity contribution in [3.8, 4) is 0 Å². The monoisotopic (exact) mass is 395 g/mol. The molecule has 0 aliphatic carbocycles. The van der Waals surface area contributed by atoms with Crippen LogP contribution in [-0.2, 0) is 5.75 Å². The van der Waals surface area contributed by atoms with Gasteiger partial charge in [-0.15, -0.1) is 11.8 Å². The van der Waals surface area contributed by atoms with Crippen LogP contribution in [0.25, 0.3) is 5.78 Å². The Bertz CT molecular complexity index is 1220. The summed E-state index contributed by atoms with van der Waals surface area (Å²) in [6.45, 7) is 0. The predicted molar refractivity (Wildman–Crippen MR) is 104 cm³/mol. The van der Waals surface area contributed by atoms with Crippen LogP contribution in [-0.4, -0.2) is 25.5 Å². The molecule has 4 aromatic rings. The molecular weight excluding hydrogens is 381 g/mol. The highest BCUT2D eigenvalue weighted by molar-refractivity contribution is 7.98. The van der Waals surface area contributed by atoms with E-state index < -0.39 is 11.7 Å². The number of aromatic nitrogens is 4. The van der Waals surface area contributed by atoms with Crippen molar-refractivity contribution in [2.45, 2.75) is 10.6 Å². The highest BCUT2D eigenvalue weighted by atomic mass is 32.2. The number of anilines is 1. The minimum absolute atomic E-state index is 0.235. The van der Waals surface area contributed by atoms with Crippen LogP contribution < -0.4 is 10.9 Å². The summed E-state index contributed by atoms with van der Waals surface area (Å²) >= 11 is 1.42. The largest absolute Gasteiger partial charge is 0.321 e. The second-order valence-corrected chi connectivity index (χ2v) is 6.87. The highest BCUT2D eigenvalue weighted by Gasteiger charge is 2.11. The van der Waals surface area contributed by atoms with Gasteiger partial charge in [0.05, 0.1) is 11.4 Å². The van der Waals surface area contributed by atoms with Gasteiger partial charge in [-0.1, -0.05) is 18.2 Å². The number of amides is 1. The van der Waals surface area contributed by atoms with Crippen LogP contribution >= 0.6 is 11.8 Å². The fraction of sp³-hybridized carbons (Fsp3) is 0.0526. The Kier molecular flexibility index (Phi) is 4.90. The van der Waals surface area contributed by atoms with Crippen molar-refractivity contribution in [3.05, 3.63) is 88.4 Å². The van der Waals surface area contributed by atoms with E-state index in [1.54, 1.807) is 18.2 Å². The number of rotatable bonds is 5. The lowest BCUT2D eigenvalue weighted by Gasteiger charge is -2.11. The van der Waals surface area contributed by atoms with Crippen LogP contribution in [0.3, 0.4) is 0 Å². The quantitative estimate of drug-likeness (QED) is 0.507. The van der Waals surface area contributed by atoms with E-state index >= 15 is 0 Å². The number of fused-ring (bicyclic) bond motifs is 1. The van der Waals surface area contributed by atoms with Crippen molar-refractivity contribution < 1.29 is 9.18 Å². The Morgan fingerprint density at radius 3 is 2.89 bits per heavy atom. The minimum Gasteiger partial charge on any atom is -0.321 e. The van der Waals surface area contributed by atoms with Crippen molar-refractivity contribution in [1.29, 1.82) is 0 Å². The molecule has 140 valence electrons. The van der Waals surface area contributed by atoms with E-state index in [4.69, 9.17) is 0 Å². The van der Waals surface area contributed by atoms with E-state index in [1.165, 1.54) is 46.9 Å². The molecule has 0 aliphatic heterocycles. The molecule has 0 unspecified atom stereocenters. The van der Waals surface area contributed by atoms with Gasteiger partial charge < -0.3 is 5.32 Å². The molecule has 0 spiro atoms. The van der Waals surface area contributed by atoms with Gasteiger partial charge in [0.25, 0.3) is 17.2 Å². The Hall–Kier alpha value is -3.46. The SMILES string of the molecule is O=C(Nc1ccccc1SCc1cc(=O)n2[nH]cnc2n1)c1cccc(F)c1. The minimum atomic E-state index is -0.471. The van der Waals surface area contributed by atoms with E-state index in [1.807, 2.05) is 12.1 Å². The maximum absolute atomic E-state index is 13.3. The number of hydrogen-bond acceptors (Lipinski definition) is 5. The third-order valence-corrected chi connectivity index (χ3v) is 5.03. The zero-order valence-corrected chi connectivity index (χ0v) is 15.2. The first-order valence-electron chi connectivity index (χ1n) is 8.31. The molecule has 9 heteroatoms. The van der Waals surface area contributed by atoms with E-state index in [2.05, 4.69) is 20.4 Å². The number of nitrogens with zero attached hydrogens (tertiary/aromatic N) is 3. The van der Waals surface area contributed by atoms with Crippen molar-refractivity contribution in [3.63, 3.8) is 0 Å². The molecule has 0 atom stereocenters. The molecule has 0 fully saturated rings. The number of carbonyl (C=O) groups is 1. The average Bonchev–Trinajstić information content (AvgIpc) is 3.16. The summed E-state index contributed by atoms with van der Waals surface area (Å²) in [6, 6.07) is 14.2. The predicted octanol–water partition coefficient (Wildman–Crippen LogP) is 3.10. The highest BCUT2D eigenvalue weighted by Crippen LogP contribution is 2.29. The number of hydrogen-bond donors (Lipinski definition) is 2. The molecule has 7 nitrogen and oxygen atoms in total. The second kappa shape index (κ2) is 7.65. The van der Waals surface area contributed by atoms with Gasteiger partial charge in [0.15, 0.2) is 0 Å². The van der Waals surface area contributed by atoms with Gasteiger partial charge in [0, 0.05) is 22.3 Å². The first-order chi connectivity index (χ1) is 13.6. The van der Waals surface area contributed by atoms with Gasteiger partial charge in [-0.3, -0.25) is 14.7 Å². The number of benzene rings is 2. The second-order valence-electron chi connectivity index (χ2n) is 5.86. The summed E-state index contributed by atoms with van der Waals surface area (Å²) in [5.41, 5.74) is 1.16. The molecular formula is C19H14FN5O2S. The van der Waals surface area contributed by atoms with E-state index in [0.29, 0.717) is 22.9 Å². The Labute approximate surface area is 162 Å². The number of para-hydroxylation sites is 1. The molecule has 2 aromatic carbocycles. The zero-order valence-electron chi connectivity index (χ0n) is 14.4. The third kappa shape index (κ3) is 3.79. The zero-order chi connectivity index (χ0) is 19.5. The molecule has 2 N–H and O–H groups in total. The molecule has 0 saturated carbocycles.